The molecule has 0 unspecified atom stereocenters. The molecular weight excluding hydrogens is 358 g/mol. The minimum absolute atomic E-state index is 0.531. The lowest BCUT2D eigenvalue weighted by Crippen LogP contribution is -1.95. The Bertz CT molecular complexity index is 1070. The first kappa shape index (κ1) is 17.5. The van der Waals surface area contributed by atoms with Gasteiger partial charge in [0, 0.05) is 18.2 Å². The van der Waals surface area contributed by atoms with Gasteiger partial charge < -0.3 is 9.09 Å². The van der Waals surface area contributed by atoms with E-state index < -0.39 is 0 Å². The highest BCUT2D eigenvalue weighted by molar-refractivity contribution is 7.98. The molecule has 7 heteroatoms. The van der Waals surface area contributed by atoms with Gasteiger partial charge in [0.05, 0.1) is 5.75 Å². The molecular formula is C20H19N5OS. The summed E-state index contributed by atoms with van der Waals surface area (Å²) in [5.74, 6) is 2.57. The molecule has 0 saturated carbocycles. The van der Waals surface area contributed by atoms with Crippen molar-refractivity contribution in [1.29, 1.82) is 0 Å². The van der Waals surface area contributed by atoms with Gasteiger partial charge in [-0.05, 0) is 32.0 Å². The van der Waals surface area contributed by atoms with Crippen LogP contribution in [0.5, 0.6) is 0 Å². The number of hydrogen-bond acceptors (Lipinski definition) is 6. The Kier molecular flexibility index (Phi) is 4.77. The fraction of sp³-hybridized carbons (Fsp3) is 0.200. The Morgan fingerprint density at radius 2 is 1.78 bits per heavy atom. The molecule has 4 aromatic rings. The van der Waals surface area contributed by atoms with E-state index in [1.807, 2.05) is 54.9 Å². The maximum atomic E-state index is 5.38. The van der Waals surface area contributed by atoms with Crippen LogP contribution in [0.15, 0.2) is 58.2 Å². The Hall–Kier alpha value is -2.93. The topological polar surface area (TPSA) is 69.6 Å². The molecule has 27 heavy (non-hydrogen) atoms. The van der Waals surface area contributed by atoms with Gasteiger partial charge in [0.1, 0.15) is 0 Å². The maximum Gasteiger partial charge on any atom is 0.257 e. The molecule has 0 atom stereocenters. The number of hydrogen-bond donors (Lipinski definition) is 0. The average molecular weight is 377 g/mol. The van der Waals surface area contributed by atoms with Crippen molar-refractivity contribution in [3.8, 4) is 22.8 Å². The van der Waals surface area contributed by atoms with Gasteiger partial charge in [-0.25, -0.2) is 0 Å². The third-order valence-electron chi connectivity index (χ3n) is 4.21. The highest BCUT2D eigenvalue weighted by Crippen LogP contribution is 2.26. The number of rotatable bonds is 5. The van der Waals surface area contributed by atoms with E-state index >= 15 is 0 Å². The molecule has 0 amide bonds. The molecule has 6 nitrogen and oxygen atoms in total. The van der Waals surface area contributed by atoms with Crippen LogP contribution in [0.2, 0.25) is 0 Å². The van der Waals surface area contributed by atoms with Crippen LogP contribution >= 0.6 is 11.8 Å². The van der Waals surface area contributed by atoms with Gasteiger partial charge in [-0.2, -0.15) is 4.98 Å². The quantitative estimate of drug-likeness (QED) is 0.479. The van der Waals surface area contributed by atoms with Crippen LogP contribution in [0.4, 0.5) is 0 Å². The lowest BCUT2D eigenvalue weighted by Gasteiger charge is -2.03. The van der Waals surface area contributed by atoms with Crippen LogP contribution in [0, 0.1) is 13.8 Å². The first-order valence-corrected chi connectivity index (χ1v) is 9.57. The fourth-order valence-electron chi connectivity index (χ4n) is 2.73. The van der Waals surface area contributed by atoms with Gasteiger partial charge in [-0.15, -0.1) is 10.2 Å². The van der Waals surface area contributed by atoms with Crippen molar-refractivity contribution in [3.05, 3.63) is 65.5 Å². The molecule has 0 radical (unpaired) electrons. The Morgan fingerprint density at radius 3 is 2.56 bits per heavy atom. The normalized spacial score (nSPS) is 11.1. The predicted octanol–water partition coefficient (Wildman–Crippen LogP) is 4.44. The molecule has 2 heterocycles. The van der Waals surface area contributed by atoms with Crippen molar-refractivity contribution in [2.45, 2.75) is 24.8 Å². The molecule has 0 fully saturated rings. The van der Waals surface area contributed by atoms with E-state index in [1.165, 1.54) is 22.9 Å². The summed E-state index contributed by atoms with van der Waals surface area (Å²) in [7, 11) is 1.97. The lowest BCUT2D eigenvalue weighted by atomic mass is 10.1. The molecule has 0 N–H and O–H groups in total. The molecule has 0 aliphatic rings. The zero-order chi connectivity index (χ0) is 18.8. The molecule has 2 aromatic carbocycles. The van der Waals surface area contributed by atoms with E-state index in [0.717, 1.165) is 22.1 Å². The summed E-state index contributed by atoms with van der Waals surface area (Å²) in [6.45, 7) is 4.11. The van der Waals surface area contributed by atoms with Crippen LogP contribution in [-0.4, -0.2) is 24.9 Å². The number of nitrogens with zero attached hydrogens (tertiary/aromatic N) is 5. The number of aromatic nitrogens is 5. The van der Waals surface area contributed by atoms with Crippen molar-refractivity contribution < 1.29 is 4.52 Å². The SMILES string of the molecule is Cc1ccc(-c2nc(CSc3nnc(-c4cccc(C)c4)n3C)no2)cc1. The minimum atomic E-state index is 0.531. The summed E-state index contributed by atoms with van der Waals surface area (Å²) in [5.41, 5.74) is 4.36. The largest absolute Gasteiger partial charge is 0.334 e. The van der Waals surface area contributed by atoms with Gasteiger partial charge in [0.25, 0.3) is 5.89 Å². The van der Waals surface area contributed by atoms with Gasteiger partial charge >= 0.3 is 0 Å². The van der Waals surface area contributed by atoms with Crippen LogP contribution in [0.25, 0.3) is 22.8 Å². The first-order valence-electron chi connectivity index (χ1n) is 8.59. The zero-order valence-corrected chi connectivity index (χ0v) is 16.2. The highest BCUT2D eigenvalue weighted by Gasteiger charge is 2.14. The van der Waals surface area contributed by atoms with Crippen LogP contribution in [0.1, 0.15) is 17.0 Å². The van der Waals surface area contributed by atoms with E-state index in [1.54, 1.807) is 0 Å². The Morgan fingerprint density at radius 1 is 0.963 bits per heavy atom. The molecule has 0 aliphatic heterocycles. The van der Waals surface area contributed by atoms with Crippen molar-refractivity contribution in [2.24, 2.45) is 7.05 Å². The standard InChI is InChI=1S/C20H19N5OS/c1-13-7-9-15(10-8-13)19-21-17(24-26-19)12-27-20-23-22-18(25(20)3)16-6-4-5-14(2)11-16/h4-11H,12H2,1-3H3. The molecule has 136 valence electrons. The van der Waals surface area contributed by atoms with Crippen molar-refractivity contribution in [1.82, 2.24) is 24.9 Å². The highest BCUT2D eigenvalue weighted by atomic mass is 32.2. The van der Waals surface area contributed by atoms with E-state index in [2.05, 4.69) is 39.4 Å². The van der Waals surface area contributed by atoms with Crippen LogP contribution in [0.3, 0.4) is 0 Å². The van der Waals surface area contributed by atoms with E-state index in [0.29, 0.717) is 17.5 Å². The predicted molar refractivity (Wildman–Crippen MR) is 105 cm³/mol. The third kappa shape index (κ3) is 3.78. The minimum Gasteiger partial charge on any atom is -0.334 e. The summed E-state index contributed by atoms with van der Waals surface area (Å²) >= 11 is 1.54. The number of aryl methyl sites for hydroxylation is 2. The maximum absolute atomic E-state index is 5.38. The molecule has 4 rings (SSSR count). The molecule has 0 spiro atoms. The van der Waals surface area contributed by atoms with Crippen LogP contribution in [-0.2, 0) is 12.8 Å². The lowest BCUT2D eigenvalue weighted by molar-refractivity contribution is 0.425. The average Bonchev–Trinajstić information content (AvgIpc) is 3.27. The first-order chi connectivity index (χ1) is 13.1. The second-order valence-electron chi connectivity index (χ2n) is 6.41. The van der Waals surface area contributed by atoms with Crippen molar-refractivity contribution in [3.63, 3.8) is 0 Å². The van der Waals surface area contributed by atoms with Crippen LogP contribution < -0.4 is 0 Å². The summed E-state index contributed by atoms with van der Waals surface area (Å²) in [4.78, 5) is 4.48. The van der Waals surface area contributed by atoms with E-state index in [-0.39, 0.29) is 0 Å². The molecule has 2 aromatic heterocycles. The zero-order valence-electron chi connectivity index (χ0n) is 15.4. The van der Waals surface area contributed by atoms with Crippen molar-refractivity contribution in [2.75, 3.05) is 0 Å². The molecule has 0 aliphatic carbocycles. The monoisotopic (exact) mass is 377 g/mol. The van der Waals surface area contributed by atoms with E-state index in [4.69, 9.17) is 4.52 Å². The second kappa shape index (κ2) is 7.36. The Labute approximate surface area is 161 Å². The molecule has 0 bridgehead atoms. The molecule has 0 saturated heterocycles. The smallest absolute Gasteiger partial charge is 0.257 e. The Balaban J connectivity index is 1.47. The van der Waals surface area contributed by atoms with Gasteiger partial charge in [-0.1, -0.05) is 58.4 Å². The fourth-order valence-corrected chi connectivity index (χ4v) is 3.49. The number of benzene rings is 2. The summed E-state index contributed by atoms with van der Waals surface area (Å²) in [6, 6.07) is 16.3. The summed E-state index contributed by atoms with van der Waals surface area (Å²) in [6.07, 6.45) is 0. The van der Waals surface area contributed by atoms with Gasteiger partial charge in [-0.3, -0.25) is 0 Å². The van der Waals surface area contributed by atoms with E-state index in [9.17, 15) is 0 Å². The second-order valence-corrected chi connectivity index (χ2v) is 7.35. The van der Waals surface area contributed by atoms with Gasteiger partial charge in [0.2, 0.25) is 0 Å². The van der Waals surface area contributed by atoms with Crippen molar-refractivity contribution >= 4 is 11.8 Å². The summed E-state index contributed by atoms with van der Waals surface area (Å²) in [5, 5.41) is 13.5. The van der Waals surface area contributed by atoms with Gasteiger partial charge in [0.15, 0.2) is 16.8 Å². The third-order valence-corrected chi connectivity index (χ3v) is 5.22. The summed E-state index contributed by atoms with van der Waals surface area (Å²) < 4.78 is 7.37. The number of thioether (sulfide) groups is 1.